The monoisotopic (exact) mass is 375 g/mol. The predicted molar refractivity (Wildman–Crippen MR) is 111 cm³/mol. The number of benzene rings is 1. The third kappa shape index (κ3) is 3.51. The van der Waals surface area contributed by atoms with Crippen molar-refractivity contribution >= 4 is 22.8 Å². The van der Waals surface area contributed by atoms with E-state index in [1.165, 1.54) is 0 Å². The van der Waals surface area contributed by atoms with Gasteiger partial charge >= 0.3 is 0 Å². The molecule has 144 valence electrons. The van der Waals surface area contributed by atoms with E-state index in [0.717, 1.165) is 54.9 Å². The highest BCUT2D eigenvalue weighted by Crippen LogP contribution is 2.32. The van der Waals surface area contributed by atoms with Crippen molar-refractivity contribution < 1.29 is 0 Å². The lowest BCUT2D eigenvalue weighted by atomic mass is 9.91. The average Bonchev–Trinajstić information content (AvgIpc) is 3.13. The molecule has 7 nitrogen and oxygen atoms in total. The highest BCUT2D eigenvalue weighted by molar-refractivity contribution is 5.81. The van der Waals surface area contributed by atoms with Gasteiger partial charge in [0.2, 0.25) is 0 Å². The summed E-state index contributed by atoms with van der Waals surface area (Å²) in [7, 11) is 0. The molecule has 3 aromatic rings. The smallest absolute Gasteiger partial charge is 0.179 e. The van der Waals surface area contributed by atoms with Crippen molar-refractivity contribution in [3.8, 4) is 6.07 Å². The van der Waals surface area contributed by atoms with Gasteiger partial charge in [-0.05, 0) is 44.2 Å². The maximum absolute atomic E-state index is 9.47. The second-order valence-corrected chi connectivity index (χ2v) is 7.29. The Balaban J connectivity index is 1.78. The summed E-state index contributed by atoms with van der Waals surface area (Å²) in [4.78, 5) is 4.46. The summed E-state index contributed by atoms with van der Waals surface area (Å²) in [6.45, 7) is 2.11. The molecule has 0 aliphatic heterocycles. The van der Waals surface area contributed by atoms with Crippen LogP contribution in [0.25, 0.3) is 5.65 Å². The molecule has 0 atom stereocenters. The van der Waals surface area contributed by atoms with E-state index in [1.54, 1.807) is 10.7 Å². The molecule has 2 heterocycles. The Morgan fingerprint density at radius 3 is 2.64 bits per heavy atom. The summed E-state index contributed by atoms with van der Waals surface area (Å²) >= 11 is 0. The van der Waals surface area contributed by atoms with Crippen LogP contribution in [0.1, 0.15) is 43.9 Å². The molecular formula is C21H25N7. The highest BCUT2D eigenvalue weighted by Gasteiger charge is 2.23. The van der Waals surface area contributed by atoms with Gasteiger partial charge in [-0.1, -0.05) is 25.1 Å². The number of fused-ring (bicyclic) bond motifs is 1. The van der Waals surface area contributed by atoms with Crippen LogP contribution in [0.5, 0.6) is 0 Å². The molecule has 1 saturated carbocycles. The van der Waals surface area contributed by atoms with E-state index in [2.05, 4.69) is 28.6 Å². The second kappa shape index (κ2) is 7.87. The first-order valence-electron chi connectivity index (χ1n) is 9.84. The molecule has 0 radical (unpaired) electrons. The molecule has 7 heteroatoms. The first-order chi connectivity index (χ1) is 13.7. The van der Waals surface area contributed by atoms with Gasteiger partial charge in [0, 0.05) is 23.3 Å². The van der Waals surface area contributed by atoms with E-state index in [-0.39, 0.29) is 0 Å². The molecule has 1 fully saturated rings. The van der Waals surface area contributed by atoms with Crippen LogP contribution < -0.4 is 16.4 Å². The van der Waals surface area contributed by atoms with Crippen molar-refractivity contribution in [1.82, 2.24) is 14.6 Å². The van der Waals surface area contributed by atoms with Gasteiger partial charge in [-0.15, -0.1) is 5.10 Å². The molecule has 0 amide bonds. The lowest BCUT2D eigenvalue weighted by Crippen LogP contribution is -2.33. The van der Waals surface area contributed by atoms with Crippen LogP contribution in [0.15, 0.2) is 36.5 Å². The number of nitrogens with one attached hydrogen (secondary N) is 2. The number of nitriles is 1. The number of para-hydroxylation sites is 1. The minimum Gasteiger partial charge on any atom is -0.366 e. The van der Waals surface area contributed by atoms with Crippen molar-refractivity contribution in [2.45, 2.75) is 51.1 Å². The Hall–Kier alpha value is -3.11. The second-order valence-electron chi connectivity index (χ2n) is 7.29. The average molecular weight is 375 g/mol. The lowest BCUT2D eigenvalue weighted by molar-refractivity contribution is 0.410. The minimum absolute atomic E-state index is 0.299. The Kier molecular flexibility index (Phi) is 5.13. The van der Waals surface area contributed by atoms with Crippen LogP contribution >= 0.6 is 0 Å². The maximum atomic E-state index is 9.47. The van der Waals surface area contributed by atoms with Gasteiger partial charge in [0.1, 0.15) is 6.07 Å². The molecule has 1 aromatic carbocycles. The summed E-state index contributed by atoms with van der Waals surface area (Å²) < 4.78 is 1.63. The summed E-state index contributed by atoms with van der Waals surface area (Å²) in [6, 6.07) is 12.8. The normalized spacial score (nSPS) is 19.3. The summed E-state index contributed by atoms with van der Waals surface area (Å²) in [6.07, 6.45) is 6.46. The number of aromatic nitrogens is 3. The molecule has 0 spiro atoms. The topological polar surface area (TPSA) is 104 Å². The quantitative estimate of drug-likeness (QED) is 0.629. The number of nitrogens with two attached hydrogens (primary N) is 1. The number of imidazole rings is 1. The Labute approximate surface area is 164 Å². The molecule has 28 heavy (non-hydrogen) atoms. The first kappa shape index (κ1) is 18.3. The maximum Gasteiger partial charge on any atom is 0.179 e. The zero-order valence-electron chi connectivity index (χ0n) is 16.0. The fraction of sp³-hybridized carbons (Fsp3) is 0.381. The zero-order valence-corrected chi connectivity index (χ0v) is 16.0. The van der Waals surface area contributed by atoms with Gasteiger partial charge in [-0.25, -0.2) is 4.98 Å². The minimum atomic E-state index is 0.299. The van der Waals surface area contributed by atoms with Gasteiger partial charge in [-0.2, -0.15) is 9.78 Å². The molecule has 4 N–H and O–H groups in total. The number of hydrogen-bond acceptors (Lipinski definition) is 6. The summed E-state index contributed by atoms with van der Waals surface area (Å²) in [5.74, 6) is 0.809. The third-order valence-corrected chi connectivity index (χ3v) is 5.37. The number of rotatable bonds is 5. The van der Waals surface area contributed by atoms with Gasteiger partial charge in [0.25, 0.3) is 0 Å². The molecular weight excluding hydrogens is 350 g/mol. The first-order valence-corrected chi connectivity index (χ1v) is 9.84. The van der Waals surface area contributed by atoms with Crippen LogP contribution in [0.3, 0.4) is 0 Å². The van der Waals surface area contributed by atoms with E-state index < -0.39 is 0 Å². The van der Waals surface area contributed by atoms with Crippen LogP contribution in [-0.4, -0.2) is 26.7 Å². The van der Waals surface area contributed by atoms with E-state index in [1.807, 2.05) is 30.3 Å². The largest absolute Gasteiger partial charge is 0.366 e. The van der Waals surface area contributed by atoms with E-state index in [0.29, 0.717) is 23.4 Å². The number of anilines is 3. The van der Waals surface area contributed by atoms with Gasteiger partial charge in [0.15, 0.2) is 17.2 Å². The van der Waals surface area contributed by atoms with Gasteiger partial charge < -0.3 is 16.4 Å². The van der Waals surface area contributed by atoms with E-state index >= 15 is 0 Å². The van der Waals surface area contributed by atoms with Crippen LogP contribution in [0.4, 0.5) is 17.2 Å². The molecule has 1 aliphatic carbocycles. The molecule has 1 aliphatic rings. The van der Waals surface area contributed by atoms with Crippen LogP contribution in [-0.2, 0) is 6.42 Å². The molecule has 0 bridgehead atoms. The van der Waals surface area contributed by atoms with Crippen molar-refractivity contribution in [1.29, 1.82) is 5.26 Å². The van der Waals surface area contributed by atoms with Crippen LogP contribution in [0, 0.1) is 11.3 Å². The fourth-order valence-electron chi connectivity index (χ4n) is 3.82. The molecule has 4 rings (SSSR count). The van der Waals surface area contributed by atoms with Gasteiger partial charge in [0.05, 0.1) is 11.9 Å². The van der Waals surface area contributed by atoms with E-state index in [9.17, 15) is 5.26 Å². The SMILES string of the molecule is CCc1c(N[C@H]2CC[C@H](N)CC2)nn2c(C#N)cnc2c1Nc1ccccc1. The number of nitrogens with zero attached hydrogens (tertiary/aromatic N) is 4. The van der Waals surface area contributed by atoms with Gasteiger partial charge in [-0.3, -0.25) is 0 Å². The summed E-state index contributed by atoms with van der Waals surface area (Å²) in [5, 5.41) is 21.3. The van der Waals surface area contributed by atoms with Crippen molar-refractivity contribution in [2.24, 2.45) is 5.73 Å². The fourth-order valence-corrected chi connectivity index (χ4v) is 3.82. The van der Waals surface area contributed by atoms with Crippen molar-refractivity contribution in [3.05, 3.63) is 47.8 Å². The molecule has 0 saturated heterocycles. The Morgan fingerprint density at radius 2 is 1.96 bits per heavy atom. The Morgan fingerprint density at radius 1 is 1.21 bits per heavy atom. The van der Waals surface area contributed by atoms with Crippen molar-refractivity contribution in [3.63, 3.8) is 0 Å². The third-order valence-electron chi connectivity index (χ3n) is 5.37. The lowest BCUT2D eigenvalue weighted by Gasteiger charge is -2.28. The highest BCUT2D eigenvalue weighted by atomic mass is 15.3. The standard InChI is InChI=1S/C21H25N7/c1-2-18-19(25-15-6-4-3-5-7-15)21-24-13-17(12-22)28(21)27-20(18)26-16-10-8-14(23)9-11-16/h3-7,13-14,16,25H,2,8-11,23H2,1H3,(H,26,27)/t14-,16-. The molecule has 0 unspecified atom stereocenters. The van der Waals surface area contributed by atoms with Crippen molar-refractivity contribution in [2.75, 3.05) is 10.6 Å². The zero-order chi connectivity index (χ0) is 19.5. The van der Waals surface area contributed by atoms with Crippen LogP contribution in [0.2, 0.25) is 0 Å². The Bertz CT molecular complexity index is 995. The number of hydrogen-bond donors (Lipinski definition) is 3. The predicted octanol–water partition coefficient (Wildman–Crippen LogP) is 3.59. The van der Waals surface area contributed by atoms with E-state index in [4.69, 9.17) is 10.8 Å². The molecule has 2 aromatic heterocycles. The summed E-state index contributed by atoms with van der Waals surface area (Å²) in [5.41, 5.74) is 10.1.